The molecule has 1 heterocycles. The lowest BCUT2D eigenvalue weighted by atomic mass is 9.64. The lowest BCUT2D eigenvalue weighted by molar-refractivity contribution is -0.0975. The van der Waals surface area contributed by atoms with E-state index in [2.05, 4.69) is 24.1 Å². The van der Waals surface area contributed by atoms with Gasteiger partial charge in [0.05, 0.1) is 16.3 Å². The average molecular weight is 311 g/mol. The van der Waals surface area contributed by atoms with Gasteiger partial charge in [-0.3, -0.25) is 0 Å². The van der Waals surface area contributed by atoms with Crippen molar-refractivity contribution in [1.82, 2.24) is 4.98 Å². The van der Waals surface area contributed by atoms with E-state index in [4.69, 9.17) is 16.3 Å². The number of rotatable bonds is 4. The van der Waals surface area contributed by atoms with Gasteiger partial charge < -0.3 is 10.1 Å². The Morgan fingerprint density at radius 1 is 1.50 bits per heavy atom. The number of nitrogens with one attached hydrogen (secondary N) is 1. The summed E-state index contributed by atoms with van der Waals surface area (Å²) in [5.41, 5.74) is 1.11. The van der Waals surface area contributed by atoms with Gasteiger partial charge in [-0.05, 0) is 31.5 Å². The molecule has 0 spiro atoms. The molecule has 0 aliphatic heterocycles. The number of fused-ring (bicyclic) bond motifs is 1. The molecule has 3 nitrogen and oxygen atoms in total. The molecule has 108 valence electrons. The van der Waals surface area contributed by atoms with Crippen molar-refractivity contribution in [1.29, 1.82) is 0 Å². The second kappa shape index (κ2) is 5.17. The third-order valence-corrected chi connectivity index (χ3v) is 5.40. The minimum absolute atomic E-state index is 0.144. The predicted molar refractivity (Wildman–Crippen MR) is 85.9 cm³/mol. The van der Waals surface area contributed by atoms with Crippen molar-refractivity contribution in [3.63, 3.8) is 0 Å². The van der Waals surface area contributed by atoms with Crippen LogP contribution in [0.2, 0.25) is 5.02 Å². The largest absolute Gasteiger partial charge is 0.378 e. The lowest BCUT2D eigenvalue weighted by Gasteiger charge is -2.51. The second-order valence-electron chi connectivity index (χ2n) is 5.83. The Hall–Kier alpha value is -0.840. The van der Waals surface area contributed by atoms with Crippen LogP contribution in [-0.2, 0) is 4.74 Å². The molecule has 0 saturated heterocycles. The van der Waals surface area contributed by atoms with Crippen LogP contribution in [0.4, 0.5) is 5.13 Å². The van der Waals surface area contributed by atoms with Gasteiger partial charge in [0.1, 0.15) is 0 Å². The number of anilines is 1. The van der Waals surface area contributed by atoms with Gasteiger partial charge in [-0.15, -0.1) is 0 Å². The van der Waals surface area contributed by atoms with Gasteiger partial charge in [0, 0.05) is 23.1 Å². The summed E-state index contributed by atoms with van der Waals surface area (Å²) < 4.78 is 6.92. The number of aromatic nitrogens is 1. The van der Waals surface area contributed by atoms with E-state index in [0.29, 0.717) is 12.1 Å². The standard InChI is InChI=1S/C15H19ClN2OS/c1-4-19-13-8-12(15(13,2)3)18-14-17-10-7-9(16)5-6-11(10)20-14/h5-7,12-13H,4,8H2,1-3H3,(H,17,18). The zero-order chi connectivity index (χ0) is 14.3. The molecule has 1 saturated carbocycles. The summed E-state index contributed by atoms with van der Waals surface area (Å²) in [6, 6.07) is 6.25. The van der Waals surface area contributed by atoms with Crippen molar-refractivity contribution in [3.05, 3.63) is 23.2 Å². The maximum atomic E-state index is 6.00. The SMILES string of the molecule is CCOC1CC(Nc2nc3cc(Cl)ccc3s2)C1(C)C. The van der Waals surface area contributed by atoms with E-state index in [1.54, 1.807) is 11.3 Å². The molecule has 1 N–H and O–H groups in total. The van der Waals surface area contributed by atoms with Gasteiger partial charge in [0.15, 0.2) is 5.13 Å². The number of benzene rings is 1. The molecule has 2 atom stereocenters. The van der Waals surface area contributed by atoms with E-state index in [9.17, 15) is 0 Å². The molecule has 20 heavy (non-hydrogen) atoms. The van der Waals surface area contributed by atoms with Crippen molar-refractivity contribution in [2.75, 3.05) is 11.9 Å². The fourth-order valence-electron chi connectivity index (χ4n) is 2.73. The van der Waals surface area contributed by atoms with E-state index < -0.39 is 0 Å². The van der Waals surface area contributed by atoms with Gasteiger partial charge in [0.2, 0.25) is 0 Å². The molecular weight excluding hydrogens is 292 g/mol. The highest BCUT2D eigenvalue weighted by Crippen LogP contribution is 2.45. The third-order valence-electron chi connectivity index (χ3n) is 4.19. The predicted octanol–water partition coefficient (Wildman–Crippen LogP) is 4.57. The van der Waals surface area contributed by atoms with Gasteiger partial charge in [-0.25, -0.2) is 4.98 Å². The van der Waals surface area contributed by atoms with Crippen LogP contribution in [0.5, 0.6) is 0 Å². The van der Waals surface area contributed by atoms with Crippen molar-refractivity contribution >= 4 is 38.3 Å². The molecule has 0 bridgehead atoms. The van der Waals surface area contributed by atoms with E-state index in [1.165, 1.54) is 0 Å². The summed E-state index contributed by atoms with van der Waals surface area (Å²) in [6.07, 6.45) is 1.38. The summed E-state index contributed by atoms with van der Waals surface area (Å²) in [7, 11) is 0. The van der Waals surface area contributed by atoms with Crippen LogP contribution < -0.4 is 5.32 Å². The van der Waals surface area contributed by atoms with Crippen LogP contribution in [-0.4, -0.2) is 23.7 Å². The Morgan fingerprint density at radius 3 is 3.00 bits per heavy atom. The smallest absolute Gasteiger partial charge is 0.184 e. The normalized spacial score (nSPS) is 24.6. The molecule has 3 rings (SSSR count). The number of nitrogens with zero attached hydrogens (tertiary/aromatic N) is 1. The fourth-order valence-corrected chi connectivity index (χ4v) is 3.79. The Morgan fingerprint density at radius 2 is 2.30 bits per heavy atom. The summed E-state index contributed by atoms with van der Waals surface area (Å²) in [4.78, 5) is 4.61. The molecule has 2 unspecified atom stereocenters. The maximum absolute atomic E-state index is 6.00. The Bertz CT molecular complexity index is 625. The van der Waals surface area contributed by atoms with Crippen LogP contribution in [0.1, 0.15) is 27.2 Å². The Labute approximate surface area is 128 Å². The molecule has 1 aliphatic rings. The number of thiazole rings is 1. The monoisotopic (exact) mass is 310 g/mol. The van der Waals surface area contributed by atoms with Crippen molar-refractivity contribution in [2.45, 2.75) is 39.3 Å². The van der Waals surface area contributed by atoms with Crippen LogP contribution in [0, 0.1) is 5.41 Å². The zero-order valence-corrected chi connectivity index (χ0v) is 13.5. The van der Waals surface area contributed by atoms with Gasteiger partial charge in [0.25, 0.3) is 0 Å². The van der Waals surface area contributed by atoms with Gasteiger partial charge >= 0.3 is 0 Å². The van der Waals surface area contributed by atoms with Crippen LogP contribution >= 0.6 is 22.9 Å². The fraction of sp³-hybridized carbons (Fsp3) is 0.533. The van der Waals surface area contributed by atoms with E-state index >= 15 is 0 Å². The number of halogens is 1. The first kappa shape index (κ1) is 14.1. The maximum Gasteiger partial charge on any atom is 0.184 e. The minimum atomic E-state index is 0.144. The number of hydrogen-bond acceptors (Lipinski definition) is 4. The molecule has 1 aromatic carbocycles. The molecule has 0 amide bonds. The van der Waals surface area contributed by atoms with E-state index in [0.717, 1.165) is 33.4 Å². The molecule has 5 heteroatoms. The summed E-state index contributed by atoms with van der Waals surface area (Å²) in [5.74, 6) is 0. The average Bonchev–Trinajstić information content (AvgIpc) is 2.79. The molecule has 2 aromatic rings. The topological polar surface area (TPSA) is 34.1 Å². The zero-order valence-electron chi connectivity index (χ0n) is 11.9. The van der Waals surface area contributed by atoms with Gasteiger partial charge in [-0.1, -0.05) is 36.8 Å². The molecule has 1 aliphatic carbocycles. The first-order valence-corrected chi connectivity index (χ1v) is 8.14. The van der Waals surface area contributed by atoms with E-state index in [1.807, 2.05) is 25.1 Å². The molecule has 1 fully saturated rings. The van der Waals surface area contributed by atoms with Crippen molar-refractivity contribution in [3.8, 4) is 0 Å². The highest BCUT2D eigenvalue weighted by molar-refractivity contribution is 7.22. The summed E-state index contributed by atoms with van der Waals surface area (Å²) in [6.45, 7) is 7.33. The second-order valence-corrected chi connectivity index (χ2v) is 7.30. The minimum Gasteiger partial charge on any atom is -0.378 e. The molecule has 1 aromatic heterocycles. The van der Waals surface area contributed by atoms with Crippen molar-refractivity contribution < 1.29 is 4.74 Å². The van der Waals surface area contributed by atoms with E-state index in [-0.39, 0.29) is 5.41 Å². The van der Waals surface area contributed by atoms with Crippen LogP contribution in [0.25, 0.3) is 10.2 Å². The summed E-state index contributed by atoms with van der Waals surface area (Å²) >= 11 is 7.68. The first-order chi connectivity index (χ1) is 9.50. The molecular formula is C15H19ClN2OS. The van der Waals surface area contributed by atoms with Gasteiger partial charge in [-0.2, -0.15) is 0 Å². The van der Waals surface area contributed by atoms with Crippen LogP contribution in [0.3, 0.4) is 0 Å². The highest BCUT2D eigenvalue weighted by Gasteiger charge is 2.49. The first-order valence-electron chi connectivity index (χ1n) is 6.95. The third kappa shape index (κ3) is 2.41. The Balaban J connectivity index is 1.74. The van der Waals surface area contributed by atoms with Crippen LogP contribution in [0.15, 0.2) is 18.2 Å². The lowest BCUT2D eigenvalue weighted by Crippen LogP contribution is -2.58. The number of ether oxygens (including phenoxy) is 1. The van der Waals surface area contributed by atoms with Crippen molar-refractivity contribution in [2.24, 2.45) is 5.41 Å². The molecule has 0 radical (unpaired) electrons. The highest BCUT2D eigenvalue weighted by atomic mass is 35.5. The summed E-state index contributed by atoms with van der Waals surface area (Å²) in [5, 5.41) is 5.25. The quantitative estimate of drug-likeness (QED) is 0.898. The Kier molecular flexibility index (Phi) is 3.65. The number of hydrogen-bond donors (Lipinski definition) is 1.